The minimum absolute atomic E-state index is 0.178. The van der Waals surface area contributed by atoms with Crippen LogP contribution in [0.5, 0.6) is 0 Å². The number of nitrogens with zero attached hydrogens (tertiary/aromatic N) is 1. The number of rotatable bonds is 3. The first-order valence-corrected chi connectivity index (χ1v) is 5.28. The van der Waals surface area contributed by atoms with Crippen molar-refractivity contribution in [3.8, 4) is 0 Å². The molecule has 1 atom stereocenters. The summed E-state index contributed by atoms with van der Waals surface area (Å²) in [5.74, 6) is 1.28. The van der Waals surface area contributed by atoms with E-state index >= 15 is 0 Å². The van der Waals surface area contributed by atoms with E-state index in [1.807, 2.05) is 12.1 Å². The van der Waals surface area contributed by atoms with Gasteiger partial charge >= 0.3 is 0 Å². The van der Waals surface area contributed by atoms with Crippen LogP contribution in [0.25, 0.3) is 0 Å². The van der Waals surface area contributed by atoms with Gasteiger partial charge in [-0.3, -0.25) is 4.99 Å². The Labute approximate surface area is 89.2 Å². The first kappa shape index (κ1) is 10.1. The van der Waals surface area contributed by atoms with Gasteiger partial charge in [-0.15, -0.1) is 0 Å². The molecule has 15 heavy (non-hydrogen) atoms. The average molecular weight is 206 g/mol. The topological polar surface area (TPSA) is 24.4 Å². The molecule has 1 aliphatic rings. The van der Waals surface area contributed by atoms with Gasteiger partial charge < -0.3 is 5.32 Å². The van der Waals surface area contributed by atoms with Crippen LogP contribution in [0.4, 0.5) is 4.39 Å². The zero-order valence-electron chi connectivity index (χ0n) is 8.83. The van der Waals surface area contributed by atoms with Gasteiger partial charge in [-0.05, 0) is 23.6 Å². The molecule has 0 aromatic heterocycles. The van der Waals surface area contributed by atoms with Crippen molar-refractivity contribution in [3.63, 3.8) is 0 Å². The predicted molar refractivity (Wildman–Crippen MR) is 59.7 cm³/mol. The molecule has 0 saturated carbocycles. The molecule has 2 nitrogen and oxygen atoms in total. The Morgan fingerprint density at radius 1 is 1.40 bits per heavy atom. The van der Waals surface area contributed by atoms with Crippen LogP contribution in [-0.2, 0) is 0 Å². The third-order valence-corrected chi connectivity index (χ3v) is 2.68. The molecule has 0 aliphatic carbocycles. The van der Waals surface area contributed by atoms with Gasteiger partial charge in [-0.2, -0.15) is 0 Å². The van der Waals surface area contributed by atoms with Gasteiger partial charge in [0.15, 0.2) is 0 Å². The van der Waals surface area contributed by atoms with Crippen LogP contribution < -0.4 is 5.32 Å². The Hall–Kier alpha value is -1.38. The summed E-state index contributed by atoms with van der Waals surface area (Å²) in [5, 5.41) is 3.24. The van der Waals surface area contributed by atoms with Crippen molar-refractivity contribution in [1.82, 2.24) is 5.32 Å². The Balaban J connectivity index is 2.00. The van der Waals surface area contributed by atoms with Crippen molar-refractivity contribution in [3.05, 3.63) is 35.6 Å². The molecule has 1 unspecified atom stereocenters. The van der Waals surface area contributed by atoms with Crippen LogP contribution >= 0.6 is 0 Å². The van der Waals surface area contributed by atoms with Crippen LogP contribution in [0.3, 0.4) is 0 Å². The molecule has 0 radical (unpaired) electrons. The zero-order chi connectivity index (χ0) is 10.7. The molecule has 2 rings (SSSR count). The van der Waals surface area contributed by atoms with Gasteiger partial charge in [0.05, 0.1) is 12.4 Å². The Kier molecular flexibility index (Phi) is 2.99. The van der Waals surface area contributed by atoms with E-state index in [1.54, 1.807) is 0 Å². The van der Waals surface area contributed by atoms with E-state index in [1.165, 1.54) is 12.1 Å². The zero-order valence-corrected chi connectivity index (χ0v) is 8.83. The number of hydrogen-bond donors (Lipinski definition) is 1. The summed E-state index contributed by atoms with van der Waals surface area (Å²) >= 11 is 0. The normalized spacial score (nSPS) is 17.1. The first-order valence-electron chi connectivity index (χ1n) is 5.28. The standard InChI is InChI=1S/C12H15FN2/c1-9(8-12-14-6-7-15-12)10-2-4-11(13)5-3-10/h2-5,9H,6-8H2,1H3,(H,14,15). The highest BCUT2D eigenvalue weighted by molar-refractivity contribution is 5.84. The molecule has 0 bridgehead atoms. The number of nitrogens with one attached hydrogen (secondary N) is 1. The van der Waals surface area contributed by atoms with E-state index < -0.39 is 0 Å². The van der Waals surface area contributed by atoms with Gasteiger partial charge in [0.1, 0.15) is 5.82 Å². The number of hydrogen-bond acceptors (Lipinski definition) is 2. The molecule has 0 spiro atoms. The van der Waals surface area contributed by atoms with E-state index in [4.69, 9.17) is 0 Å². The number of aliphatic imine (C=N–C) groups is 1. The van der Waals surface area contributed by atoms with Crippen molar-refractivity contribution < 1.29 is 4.39 Å². The second kappa shape index (κ2) is 4.43. The summed E-state index contributed by atoms with van der Waals surface area (Å²) in [6.07, 6.45) is 0.908. The summed E-state index contributed by atoms with van der Waals surface area (Å²) in [7, 11) is 0. The minimum atomic E-state index is -0.178. The van der Waals surface area contributed by atoms with Crippen molar-refractivity contribution in [2.45, 2.75) is 19.3 Å². The highest BCUT2D eigenvalue weighted by atomic mass is 19.1. The van der Waals surface area contributed by atoms with Gasteiger partial charge in [0, 0.05) is 13.0 Å². The van der Waals surface area contributed by atoms with E-state index in [9.17, 15) is 4.39 Å². The maximum atomic E-state index is 12.7. The second-order valence-electron chi connectivity index (χ2n) is 3.91. The van der Waals surface area contributed by atoms with Gasteiger partial charge in [-0.1, -0.05) is 19.1 Å². The van der Waals surface area contributed by atoms with Crippen molar-refractivity contribution in [2.75, 3.05) is 13.1 Å². The molecule has 1 aliphatic heterocycles. The van der Waals surface area contributed by atoms with Crippen molar-refractivity contribution >= 4 is 5.84 Å². The fraction of sp³-hybridized carbons (Fsp3) is 0.417. The fourth-order valence-electron chi connectivity index (χ4n) is 1.78. The second-order valence-corrected chi connectivity index (χ2v) is 3.91. The maximum Gasteiger partial charge on any atom is 0.123 e. The van der Waals surface area contributed by atoms with Gasteiger partial charge in [0.2, 0.25) is 0 Å². The molecule has 80 valence electrons. The van der Waals surface area contributed by atoms with Crippen molar-refractivity contribution in [2.24, 2.45) is 4.99 Å². The van der Waals surface area contributed by atoms with Crippen LogP contribution in [0.1, 0.15) is 24.8 Å². The summed E-state index contributed by atoms with van der Waals surface area (Å²) in [5.41, 5.74) is 1.16. The molecule has 0 amide bonds. The predicted octanol–water partition coefficient (Wildman–Crippen LogP) is 2.32. The third kappa shape index (κ3) is 2.55. The number of benzene rings is 1. The van der Waals surface area contributed by atoms with Crippen molar-refractivity contribution in [1.29, 1.82) is 0 Å². The highest BCUT2D eigenvalue weighted by Crippen LogP contribution is 2.19. The molecule has 1 aromatic rings. The smallest absolute Gasteiger partial charge is 0.123 e. The minimum Gasteiger partial charge on any atom is -0.372 e. The maximum absolute atomic E-state index is 12.7. The van der Waals surface area contributed by atoms with Crippen LogP contribution in [0.15, 0.2) is 29.3 Å². The molecule has 1 N–H and O–H groups in total. The van der Waals surface area contributed by atoms with Crippen LogP contribution in [0, 0.1) is 5.82 Å². The Morgan fingerprint density at radius 2 is 2.13 bits per heavy atom. The molecule has 0 saturated heterocycles. The Bertz CT molecular complexity index is 356. The van der Waals surface area contributed by atoms with Gasteiger partial charge in [0.25, 0.3) is 0 Å². The fourth-order valence-corrected chi connectivity index (χ4v) is 1.78. The molecule has 1 aromatic carbocycles. The van der Waals surface area contributed by atoms with E-state index in [2.05, 4.69) is 17.2 Å². The van der Waals surface area contributed by atoms with Crippen LogP contribution in [0.2, 0.25) is 0 Å². The lowest BCUT2D eigenvalue weighted by Gasteiger charge is -2.11. The van der Waals surface area contributed by atoms with Crippen LogP contribution in [-0.4, -0.2) is 18.9 Å². The summed E-state index contributed by atoms with van der Waals surface area (Å²) in [6.45, 7) is 3.96. The van der Waals surface area contributed by atoms with E-state index in [0.29, 0.717) is 5.92 Å². The molecule has 3 heteroatoms. The lowest BCUT2D eigenvalue weighted by atomic mass is 9.97. The van der Waals surface area contributed by atoms with E-state index in [0.717, 1.165) is 30.9 Å². The SMILES string of the molecule is CC(CC1=NCCN1)c1ccc(F)cc1. The monoisotopic (exact) mass is 206 g/mol. The first-order chi connectivity index (χ1) is 7.25. The summed E-state index contributed by atoms with van der Waals surface area (Å²) < 4.78 is 12.7. The lowest BCUT2D eigenvalue weighted by molar-refractivity contribution is 0.626. The summed E-state index contributed by atoms with van der Waals surface area (Å²) in [6, 6.07) is 6.70. The number of halogens is 1. The molecule has 0 fully saturated rings. The third-order valence-electron chi connectivity index (χ3n) is 2.68. The van der Waals surface area contributed by atoms with E-state index in [-0.39, 0.29) is 5.82 Å². The lowest BCUT2D eigenvalue weighted by Crippen LogP contribution is -2.20. The molecular formula is C12H15FN2. The highest BCUT2D eigenvalue weighted by Gasteiger charge is 2.11. The Morgan fingerprint density at radius 3 is 2.73 bits per heavy atom. The largest absolute Gasteiger partial charge is 0.372 e. The molecule has 1 heterocycles. The quantitative estimate of drug-likeness (QED) is 0.806. The summed E-state index contributed by atoms with van der Waals surface area (Å²) in [4.78, 5) is 4.35. The number of amidine groups is 1. The average Bonchev–Trinajstić information content (AvgIpc) is 2.71. The van der Waals surface area contributed by atoms with Gasteiger partial charge in [-0.25, -0.2) is 4.39 Å². The molecular weight excluding hydrogens is 191 g/mol.